The zero-order chi connectivity index (χ0) is 14.3. The van der Waals surface area contributed by atoms with Crippen LogP contribution >= 0.6 is 11.3 Å². The summed E-state index contributed by atoms with van der Waals surface area (Å²) in [7, 11) is 0. The monoisotopic (exact) mass is 282 g/mol. The molecule has 0 radical (unpaired) electrons. The van der Waals surface area contributed by atoms with E-state index in [0.29, 0.717) is 16.6 Å². The first-order valence-electron chi connectivity index (χ1n) is 6.25. The number of rotatable bonds is 2. The van der Waals surface area contributed by atoms with Crippen molar-refractivity contribution in [3.05, 3.63) is 51.7 Å². The number of carboxylic acid groups (broad SMARTS) is 1. The molecule has 0 fully saturated rings. The van der Waals surface area contributed by atoms with Crippen molar-refractivity contribution >= 4 is 28.2 Å². The predicted molar refractivity (Wildman–Crippen MR) is 78.9 cm³/mol. The number of thiophene rings is 1. The van der Waals surface area contributed by atoms with E-state index < -0.39 is 5.97 Å². The lowest BCUT2D eigenvalue weighted by Gasteiger charge is -2.10. The number of carbonyl (C=O) groups excluding carboxylic acids is 1. The third-order valence-corrected chi connectivity index (χ3v) is 4.22. The number of carboxylic acids is 1. The highest BCUT2D eigenvalue weighted by Crippen LogP contribution is 2.31. The molecule has 0 unspecified atom stereocenters. The molecular weight excluding hydrogens is 270 g/mol. The van der Waals surface area contributed by atoms with Gasteiger partial charge in [-0.1, -0.05) is 18.2 Å². The lowest BCUT2D eigenvalue weighted by Crippen LogP contribution is -2.22. The first-order valence-corrected chi connectivity index (χ1v) is 7.06. The number of nitrogens with zero attached hydrogens (tertiary/aromatic N) is 1. The number of hydrogen-bond donors (Lipinski definition) is 0. The summed E-state index contributed by atoms with van der Waals surface area (Å²) in [4.78, 5) is 18.2. The normalized spacial score (nSPS) is 10.9. The zero-order valence-electron chi connectivity index (χ0n) is 11.1. The molecule has 4 heteroatoms. The second-order valence-electron chi connectivity index (χ2n) is 4.69. The van der Waals surface area contributed by atoms with Crippen LogP contribution in [0, 0.1) is 13.8 Å². The Bertz CT molecular complexity index is 820. The summed E-state index contributed by atoms with van der Waals surface area (Å²) in [6.07, 6.45) is 0. The lowest BCUT2D eigenvalue weighted by molar-refractivity contribution is -0.254. The van der Waals surface area contributed by atoms with E-state index in [9.17, 15) is 9.90 Å². The van der Waals surface area contributed by atoms with Gasteiger partial charge in [-0.3, -0.25) is 0 Å². The van der Waals surface area contributed by atoms with Crippen LogP contribution < -0.4 is 5.11 Å². The third-order valence-electron chi connectivity index (χ3n) is 3.25. The number of aromatic carboxylic acids is 1. The maximum absolute atomic E-state index is 11.4. The van der Waals surface area contributed by atoms with E-state index in [2.05, 4.69) is 4.98 Å². The van der Waals surface area contributed by atoms with Crippen LogP contribution in [0.15, 0.2) is 36.4 Å². The van der Waals surface area contributed by atoms with E-state index in [1.165, 1.54) is 4.88 Å². The van der Waals surface area contributed by atoms with Crippen molar-refractivity contribution in [1.29, 1.82) is 0 Å². The van der Waals surface area contributed by atoms with Gasteiger partial charge in [-0.15, -0.1) is 11.3 Å². The minimum atomic E-state index is -1.17. The fourth-order valence-electron chi connectivity index (χ4n) is 2.37. The Morgan fingerprint density at radius 1 is 1.20 bits per heavy atom. The number of pyridine rings is 1. The minimum absolute atomic E-state index is 0.189. The molecular formula is C16H12NO2S-. The fourth-order valence-corrected chi connectivity index (χ4v) is 3.30. The first kappa shape index (κ1) is 12.8. The molecule has 0 spiro atoms. The Morgan fingerprint density at radius 2 is 1.95 bits per heavy atom. The standard InChI is InChI=1S/C16H13NO2S/c1-9-7-12(10(2)20-9)15-8-13(16(18)19)11-5-3-4-6-14(11)17-15/h3-8H,1-2H3,(H,18,19)/p-1. The van der Waals surface area contributed by atoms with Crippen LogP contribution in [0.3, 0.4) is 0 Å². The largest absolute Gasteiger partial charge is 0.545 e. The first-order chi connectivity index (χ1) is 9.56. The van der Waals surface area contributed by atoms with Gasteiger partial charge < -0.3 is 9.90 Å². The lowest BCUT2D eigenvalue weighted by atomic mass is 10.0. The Morgan fingerprint density at radius 3 is 2.60 bits per heavy atom. The van der Waals surface area contributed by atoms with E-state index in [1.807, 2.05) is 32.0 Å². The van der Waals surface area contributed by atoms with Crippen molar-refractivity contribution in [3.63, 3.8) is 0 Å². The Hall–Kier alpha value is -2.20. The fraction of sp³-hybridized carbons (Fsp3) is 0.125. The quantitative estimate of drug-likeness (QED) is 0.726. The molecule has 0 aliphatic rings. The van der Waals surface area contributed by atoms with Gasteiger partial charge in [0, 0.05) is 26.3 Å². The molecule has 2 heterocycles. The van der Waals surface area contributed by atoms with Gasteiger partial charge in [-0.2, -0.15) is 0 Å². The molecule has 3 nitrogen and oxygen atoms in total. The van der Waals surface area contributed by atoms with Gasteiger partial charge in [0.25, 0.3) is 0 Å². The summed E-state index contributed by atoms with van der Waals surface area (Å²) >= 11 is 1.68. The molecule has 3 rings (SSSR count). The van der Waals surface area contributed by atoms with Crippen LogP contribution in [-0.4, -0.2) is 11.0 Å². The van der Waals surface area contributed by atoms with Gasteiger partial charge in [0.1, 0.15) is 0 Å². The van der Waals surface area contributed by atoms with Crippen molar-refractivity contribution in [2.75, 3.05) is 0 Å². The summed E-state index contributed by atoms with van der Waals surface area (Å²) < 4.78 is 0. The van der Waals surface area contributed by atoms with E-state index >= 15 is 0 Å². The van der Waals surface area contributed by atoms with Crippen molar-refractivity contribution < 1.29 is 9.90 Å². The van der Waals surface area contributed by atoms with Crippen molar-refractivity contribution in [1.82, 2.24) is 4.98 Å². The zero-order valence-corrected chi connectivity index (χ0v) is 12.0. The summed E-state index contributed by atoms with van der Waals surface area (Å²) in [5, 5.41) is 12.0. The number of aryl methyl sites for hydroxylation is 2. The maximum Gasteiger partial charge on any atom is 0.0727 e. The summed E-state index contributed by atoms with van der Waals surface area (Å²) in [5.74, 6) is -1.17. The second-order valence-corrected chi connectivity index (χ2v) is 6.15. The third kappa shape index (κ3) is 2.08. The van der Waals surface area contributed by atoms with E-state index in [0.717, 1.165) is 10.4 Å². The van der Waals surface area contributed by atoms with E-state index in [-0.39, 0.29) is 5.56 Å². The van der Waals surface area contributed by atoms with Crippen LogP contribution in [0.4, 0.5) is 0 Å². The number of carbonyl (C=O) groups is 1. The molecule has 0 amide bonds. The Kier molecular flexibility index (Phi) is 3.03. The molecule has 100 valence electrons. The molecule has 0 N–H and O–H groups in total. The smallest absolute Gasteiger partial charge is 0.0727 e. The maximum atomic E-state index is 11.4. The Labute approximate surface area is 120 Å². The molecule has 20 heavy (non-hydrogen) atoms. The van der Waals surface area contributed by atoms with Crippen molar-refractivity contribution in [2.24, 2.45) is 0 Å². The number of para-hydroxylation sites is 1. The molecule has 0 saturated heterocycles. The number of fused-ring (bicyclic) bond motifs is 1. The Balaban J connectivity index is 2.32. The molecule has 0 aliphatic carbocycles. The van der Waals surface area contributed by atoms with E-state index in [4.69, 9.17) is 0 Å². The summed E-state index contributed by atoms with van der Waals surface area (Å²) in [6, 6.07) is 10.9. The molecule has 3 aromatic rings. The average Bonchev–Trinajstić information content (AvgIpc) is 2.76. The molecule has 0 atom stereocenters. The van der Waals surface area contributed by atoms with Gasteiger partial charge in [0.15, 0.2) is 0 Å². The van der Waals surface area contributed by atoms with Gasteiger partial charge in [0.2, 0.25) is 0 Å². The molecule has 2 aromatic heterocycles. The van der Waals surface area contributed by atoms with Gasteiger partial charge in [0.05, 0.1) is 17.2 Å². The van der Waals surface area contributed by atoms with Crippen molar-refractivity contribution in [3.8, 4) is 11.3 Å². The van der Waals surface area contributed by atoms with E-state index in [1.54, 1.807) is 29.5 Å². The number of hydrogen-bond acceptors (Lipinski definition) is 4. The average molecular weight is 282 g/mol. The van der Waals surface area contributed by atoms with Gasteiger partial charge in [-0.05, 0) is 32.0 Å². The van der Waals surface area contributed by atoms with Crippen LogP contribution in [0.5, 0.6) is 0 Å². The number of aromatic nitrogens is 1. The summed E-state index contributed by atoms with van der Waals surface area (Å²) in [6.45, 7) is 4.05. The topological polar surface area (TPSA) is 53.0 Å². The SMILES string of the molecule is Cc1cc(-c2cc(C(=O)[O-])c3ccccc3n2)c(C)s1. The van der Waals surface area contributed by atoms with Gasteiger partial charge >= 0.3 is 0 Å². The second kappa shape index (κ2) is 4.72. The van der Waals surface area contributed by atoms with Crippen molar-refractivity contribution in [2.45, 2.75) is 13.8 Å². The van der Waals surface area contributed by atoms with Crippen LogP contribution in [0.1, 0.15) is 20.1 Å². The highest BCUT2D eigenvalue weighted by atomic mass is 32.1. The molecule has 0 aliphatic heterocycles. The van der Waals surface area contributed by atoms with Crippen LogP contribution in [0.2, 0.25) is 0 Å². The highest BCUT2D eigenvalue weighted by Gasteiger charge is 2.11. The van der Waals surface area contributed by atoms with Gasteiger partial charge in [-0.25, -0.2) is 4.98 Å². The molecule has 0 bridgehead atoms. The van der Waals surface area contributed by atoms with Crippen LogP contribution in [0.25, 0.3) is 22.2 Å². The highest BCUT2D eigenvalue weighted by molar-refractivity contribution is 7.12. The van der Waals surface area contributed by atoms with Crippen LogP contribution in [-0.2, 0) is 0 Å². The minimum Gasteiger partial charge on any atom is -0.545 e. The molecule has 1 aromatic carbocycles. The predicted octanol–water partition coefficient (Wildman–Crippen LogP) is 2.94. The molecule has 0 saturated carbocycles. The number of benzene rings is 1. The summed E-state index contributed by atoms with van der Waals surface area (Å²) in [5.41, 5.74) is 2.53.